The van der Waals surface area contributed by atoms with E-state index in [2.05, 4.69) is 29.0 Å². The zero-order valence-corrected chi connectivity index (χ0v) is 15.0. The van der Waals surface area contributed by atoms with E-state index in [0.717, 1.165) is 37.2 Å². The van der Waals surface area contributed by atoms with E-state index in [1.165, 1.54) is 0 Å². The van der Waals surface area contributed by atoms with E-state index in [-0.39, 0.29) is 5.91 Å². The van der Waals surface area contributed by atoms with Gasteiger partial charge in [0.1, 0.15) is 5.69 Å². The van der Waals surface area contributed by atoms with Crippen molar-refractivity contribution in [1.82, 2.24) is 15.2 Å². The van der Waals surface area contributed by atoms with Gasteiger partial charge in [-0.1, -0.05) is 43.6 Å². The van der Waals surface area contributed by atoms with Gasteiger partial charge >= 0.3 is 0 Å². The lowest BCUT2D eigenvalue weighted by Crippen LogP contribution is -2.30. The Morgan fingerprint density at radius 3 is 2.33 bits per heavy atom. The topological polar surface area (TPSA) is 45.2 Å². The first-order valence-electron chi connectivity index (χ1n) is 8.36. The smallest absolute Gasteiger partial charge is 0.269 e. The Morgan fingerprint density at radius 2 is 1.75 bits per heavy atom. The third-order valence-electron chi connectivity index (χ3n) is 4.00. The second-order valence-corrected chi connectivity index (χ2v) is 6.01. The van der Waals surface area contributed by atoms with Gasteiger partial charge in [0.05, 0.1) is 0 Å². The van der Waals surface area contributed by atoms with Crippen molar-refractivity contribution < 1.29 is 4.79 Å². The molecule has 128 valence electrons. The number of rotatable bonds is 8. The van der Waals surface area contributed by atoms with Gasteiger partial charge in [-0.25, -0.2) is 0 Å². The first-order valence-corrected chi connectivity index (χ1v) is 8.74. The van der Waals surface area contributed by atoms with Gasteiger partial charge in [-0.3, -0.25) is 9.78 Å². The van der Waals surface area contributed by atoms with Gasteiger partial charge in [0.2, 0.25) is 0 Å². The number of carbonyl (C=O) groups excluding carboxylic acids is 1. The van der Waals surface area contributed by atoms with E-state index in [4.69, 9.17) is 11.6 Å². The predicted molar refractivity (Wildman–Crippen MR) is 99.4 cm³/mol. The molecule has 0 saturated carbocycles. The summed E-state index contributed by atoms with van der Waals surface area (Å²) in [4.78, 5) is 18.7. The standard InChI is InChI=1S/C19H24ClN3O/c1-3-23(4-2)13-5-12-21-19(24)18-11-8-16(14-22-18)15-6-9-17(20)10-7-15/h6-11,14H,3-5,12-13H2,1-2H3,(H,21,24). The molecule has 0 aliphatic rings. The average molecular weight is 346 g/mol. The molecule has 1 amide bonds. The van der Waals surface area contributed by atoms with Crippen LogP contribution >= 0.6 is 11.6 Å². The van der Waals surface area contributed by atoms with Gasteiger partial charge in [-0.05, 0) is 49.8 Å². The molecule has 1 aromatic heterocycles. The molecule has 1 heterocycles. The molecular formula is C19H24ClN3O. The Bertz CT molecular complexity index is 637. The Balaban J connectivity index is 1.86. The Hall–Kier alpha value is -1.91. The zero-order valence-electron chi connectivity index (χ0n) is 14.3. The fraction of sp³-hybridized carbons (Fsp3) is 0.368. The van der Waals surface area contributed by atoms with E-state index in [0.29, 0.717) is 17.3 Å². The van der Waals surface area contributed by atoms with Gasteiger partial charge in [-0.15, -0.1) is 0 Å². The normalized spacial score (nSPS) is 10.8. The van der Waals surface area contributed by atoms with Gasteiger partial charge < -0.3 is 10.2 Å². The Kier molecular flexibility index (Phi) is 7.22. The van der Waals surface area contributed by atoms with Crippen molar-refractivity contribution in [3.05, 3.63) is 53.3 Å². The van der Waals surface area contributed by atoms with E-state index >= 15 is 0 Å². The molecule has 4 nitrogen and oxygen atoms in total. The summed E-state index contributed by atoms with van der Waals surface area (Å²) in [7, 11) is 0. The summed E-state index contributed by atoms with van der Waals surface area (Å²) in [5, 5.41) is 3.62. The number of amides is 1. The van der Waals surface area contributed by atoms with E-state index < -0.39 is 0 Å². The molecule has 0 radical (unpaired) electrons. The quantitative estimate of drug-likeness (QED) is 0.739. The minimum atomic E-state index is -0.128. The number of nitrogens with zero attached hydrogens (tertiary/aromatic N) is 2. The van der Waals surface area contributed by atoms with Crippen molar-refractivity contribution in [2.45, 2.75) is 20.3 Å². The highest BCUT2D eigenvalue weighted by molar-refractivity contribution is 6.30. The lowest BCUT2D eigenvalue weighted by molar-refractivity contribution is 0.0947. The summed E-state index contributed by atoms with van der Waals surface area (Å²) in [5.74, 6) is -0.128. The van der Waals surface area contributed by atoms with Crippen LogP contribution in [0.3, 0.4) is 0 Å². The van der Waals surface area contributed by atoms with Crippen molar-refractivity contribution in [2.24, 2.45) is 0 Å². The van der Waals surface area contributed by atoms with Crippen LogP contribution in [0, 0.1) is 0 Å². The number of halogens is 1. The van der Waals surface area contributed by atoms with Crippen LogP contribution < -0.4 is 5.32 Å². The third kappa shape index (κ3) is 5.32. The van der Waals surface area contributed by atoms with Gasteiger partial charge in [0.15, 0.2) is 0 Å². The molecule has 0 fully saturated rings. The van der Waals surface area contributed by atoms with E-state index in [9.17, 15) is 4.79 Å². The highest BCUT2D eigenvalue weighted by atomic mass is 35.5. The highest BCUT2D eigenvalue weighted by Crippen LogP contribution is 2.20. The maximum Gasteiger partial charge on any atom is 0.269 e. The minimum absolute atomic E-state index is 0.128. The number of benzene rings is 1. The first kappa shape index (κ1) is 18.4. The Morgan fingerprint density at radius 1 is 1.08 bits per heavy atom. The molecule has 24 heavy (non-hydrogen) atoms. The molecule has 0 unspecified atom stereocenters. The molecule has 0 aliphatic heterocycles. The summed E-state index contributed by atoms with van der Waals surface area (Å²) in [6, 6.07) is 11.2. The second-order valence-electron chi connectivity index (χ2n) is 5.58. The SMILES string of the molecule is CCN(CC)CCCNC(=O)c1ccc(-c2ccc(Cl)cc2)cn1. The maximum atomic E-state index is 12.1. The van der Waals surface area contributed by atoms with Crippen LogP contribution in [0.2, 0.25) is 5.02 Å². The molecule has 0 saturated heterocycles. The highest BCUT2D eigenvalue weighted by Gasteiger charge is 2.07. The van der Waals surface area contributed by atoms with E-state index in [1.54, 1.807) is 12.3 Å². The van der Waals surface area contributed by atoms with Crippen LogP contribution in [0.1, 0.15) is 30.8 Å². The third-order valence-corrected chi connectivity index (χ3v) is 4.26. The Labute approximate surface area is 148 Å². The molecule has 2 aromatic rings. The van der Waals surface area contributed by atoms with Crippen molar-refractivity contribution in [3.8, 4) is 11.1 Å². The molecule has 0 atom stereocenters. The summed E-state index contributed by atoms with van der Waals surface area (Å²) >= 11 is 5.89. The van der Waals surface area contributed by atoms with Crippen LogP contribution in [0.4, 0.5) is 0 Å². The van der Waals surface area contributed by atoms with Crippen molar-refractivity contribution in [3.63, 3.8) is 0 Å². The van der Waals surface area contributed by atoms with Gasteiger partial charge in [0.25, 0.3) is 5.91 Å². The lowest BCUT2D eigenvalue weighted by Gasteiger charge is -2.17. The molecule has 1 N–H and O–H groups in total. The number of carbonyl (C=O) groups is 1. The number of hydrogen-bond acceptors (Lipinski definition) is 3. The lowest BCUT2D eigenvalue weighted by atomic mass is 10.1. The fourth-order valence-electron chi connectivity index (χ4n) is 2.48. The average Bonchev–Trinajstić information content (AvgIpc) is 2.62. The number of hydrogen-bond donors (Lipinski definition) is 1. The van der Waals surface area contributed by atoms with Crippen LogP contribution in [0.15, 0.2) is 42.6 Å². The zero-order chi connectivity index (χ0) is 17.4. The van der Waals surface area contributed by atoms with Crippen LogP contribution in [0.5, 0.6) is 0 Å². The number of nitrogens with one attached hydrogen (secondary N) is 1. The summed E-state index contributed by atoms with van der Waals surface area (Å²) in [6.45, 7) is 8.03. The largest absolute Gasteiger partial charge is 0.351 e. The second kappa shape index (κ2) is 9.40. The van der Waals surface area contributed by atoms with Crippen molar-refractivity contribution in [2.75, 3.05) is 26.2 Å². The van der Waals surface area contributed by atoms with Crippen molar-refractivity contribution >= 4 is 17.5 Å². The summed E-state index contributed by atoms with van der Waals surface area (Å²) in [6.07, 6.45) is 2.66. The molecule has 0 aliphatic carbocycles. The molecule has 5 heteroatoms. The van der Waals surface area contributed by atoms with Gasteiger partial charge in [0, 0.05) is 23.3 Å². The molecule has 0 spiro atoms. The van der Waals surface area contributed by atoms with Crippen LogP contribution in [-0.2, 0) is 0 Å². The molecule has 2 rings (SSSR count). The summed E-state index contributed by atoms with van der Waals surface area (Å²) in [5.41, 5.74) is 2.43. The van der Waals surface area contributed by atoms with Gasteiger partial charge in [-0.2, -0.15) is 0 Å². The molecule has 0 bridgehead atoms. The monoisotopic (exact) mass is 345 g/mol. The minimum Gasteiger partial charge on any atom is -0.351 e. The summed E-state index contributed by atoms with van der Waals surface area (Å²) < 4.78 is 0. The first-order chi connectivity index (χ1) is 11.6. The van der Waals surface area contributed by atoms with Crippen molar-refractivity contribution in [1.29, 1.82) is 0 Å². The van der Waals surface area contributed by atoms with Crippen LogP contribution in [0.25, 0.3) is 11.1 Å². The number of pyridine rings is 1. The van der Waals surface area contributed by atoms with Crippen LogP contribution in [-0.4, -0.2) is 42.0 Å². The number of aromatic nitrogens is 1. The predicted octanol–water partition coefficient (Wildman–Crippen LogP) is 3.86. The molecular weight excluding hydrogens is 322 g/mol. The fourth-order valence-corrected chi connectivity index (χ4v) is 2.60. The molecule has 1 aromatic carbocycles. The van der Waals surface area contributed by atoms with E-state index in [1.807, 2.05) is 30.3 Å². The maximum absolute atomic E-state index is 12.1.